The Morgan fingerprint density at radius 2 is 1.97 bits per heavy atom. The predicted molar refractivity (Wildman–Crippen MR) is 118 cm³/mol. The van der Waals surface area contributed by atoms with Crippen LogP contribution in [0.3, 0.4) is 0 Å². The topological polar surface area (TPSA) is 63.2 Å². The van der Waals surface area contributed by atoms with E-state index in [4.69, 9.17) is 14.5 Å². The molecule has 0 bridgehead atoms. The molecule has 6 nitrogen and oxygen atoms in total. The number of ether oxygens (including phenoxy) is 2. The number of carbonyl (C=O) groups excluding carboxylic acids is 1. The van der Waals surface area contributed by atoms with Gasteiger partial charge >= 0.3 is 0 Å². The Morgan fingerprint density at radius 3 is 2.73 bits per heavy atom. The molecule has 0 aliphatic carbocycles. The van der Waals surface area contributed by atoms with Crippen molar-refractivity contribution in [3.05, 3.63) is 76.0 Å². The van der Waals surface area contributed by atoms with E-state index in [1.54, 1.807) is 0 Å². The molecule has 1 N–H and O–H groups in total. The summed E-state index contributed by atoms with van der Waals surface area (Å²) in [6.45, 7) is 1.28. The first-order valence-corrected chi connectivity index (χ1v) is 10.7. The van der Waals surface area contributed by atoms with Crippen LogP contribution in [0, 0.1) is 0 Å². The fourth-order valence-corrected chi connectivity index (χ4v) is 4.40. The summed E-state index contributed by atoms with van der Waals surface area (Å²) in [6, 6.07) is 17.9. The van der Waals surface area contributed by atoms with Gasteiger partial charge in [0.15, 0.2) is 11.5 Å². The van der Waals surface area contributed by atoms with Crippen molar-refractivity contribution in [1.29, 1.82) is 0 Å². The maximum absolute atomic E-state index is 12.4. The second-order valence-electron chi connectivity index (χ2n) is 7.23. The Bertz CT molecular complexity index is 1100. The van der Waals surface area contributed by atoms with Crippen molar-refractivity contribution in [2.75, 3.05) is 31.8 Å². The number of fused-ring (bicyclic) bond motifs is 2. The average molecular weight is 420 g/mol. The van der Waals surface area contributed by atoms with Crippen LogP contribution in [0.1, 0.15) is 20.8 Å². The summed E-state index contributed by atoms with van der Waals surface area (Å²) < 4.78 is 11.2. The number of aliphatic imine (C=N–C) groups is 1. The van der Waals surface area contributed by atoms with Gasteiger partial charge in [0.25, 0.3) is 5.91 Å². The van der Waals surface area contributed by atoms with Crippen molar-refractivity contribution >= 4 is 28.6 Å². The standard InChI is InChI=1S/C23H21N3O3S/c1-26-16(13-25-23(27)21-8-5-9-30-21)12-24-22(15-6-3-2-4-7-15)17-10-19-20(11-18(17)26)29-14-28-19/h2-11,16H,12-14H2,1H3,(H,25,27). The number of hydrogen-bond donors (Lipinski definition) is 1. The van der Waals surface area contributed by atoms with Crippen LogP contribution in [0.2, 0.25) is 0 Å². The molecule has 1 amide bonds. The molecule has 30 heavy (non-hydrogen) atoms. The third-order valence-corrected chi connectivity index (χ3v) is 6.29. The molecule has 1 aromatic heterocycles. The highest BCUT2D eigenvalue weighted by Gasteiger charge is 2.28. The summed E-state index contributed by atoms with van der Waals surface area (Å²) in [5, 5.41) is 4.96. The highest BCUT2D eigenvalue weighted by molar-refractivity contribution is 7.12. The summed E-state index contributed by atoms with van der Waals surface area (Å²) in [6.07, 6.45) is 0. The fourth-order valence-electron chi connectivity index (χ4n) is 3.76. The van der Waals surface area contributed by atoms with Gasteiger partial charge in [-0.1, -0.05) is 36.4 Å². The molecule has 5 rings (SSSR count). The molecule has 0 saturated heterocycles. The number of rotatable bonds is 4. The second-order valence-corrected chi connectivity index (χ2v) is 8.18. The zero-order valence-electron chi connectivity index (χ0n) is 16.5. The largest absolute Gasteiger partial charge is 0.454 e. The third-order valence-electron chi connectivity index (χ3n) is 5.42. The Balaban J connectivity index is 1.49. The molecule has 152 valence electrons. The van der Waals surface area contributed by atoms with Crippen LogP contribution in [0.25, 0.3) is 0 Å². The van der Waals surface area contributed by atoms with E-state index >= 15 is 0 Å². The van der Waals surface area contributed by atoms with Crippen LogP contribution in [0.5, 0.6) is 11.5 Å². The number of amides is 1. The van der Waals surface area contributed by atoms with Crippen LogP contribution in [0.4, 0.5) is 5.69 Å². The Labute approximate surface area is 178 Å². The summed E-state index contributed by atoms with van der Waals surface area (Å²) >= 11 is 1.44. The first kappa shape index (κ1) is 18.7. The maximum Gasteiger partial charge on any atom is 0.261 e. The molecule has 1 unspecified atom stereocenters. The van der Waals surface area contributed by atoms with E-state index in [0.29, 0.717) is 18.0 Å². The molecule has 0 spiro atoms. The van der Waals surface area contributed by atoms with Crippen molar-refractivity contribution in [3.8, 4) is 11.5 Å². The number of nitrogens with zero attached hydrogens (tertiary/aromatic N) is 2. The van der Waals surface area contributed by atoms with Gasteiger partial charge in [0.2, 0.25) is 6.79 Å². The molecular formula is C23H21N3O3S. The van der Waals surface area contributed by atoms with Crippen LogP contribution >= 0.6 is 11.3 Å². The van der Waals surface area contributed by atoms with Gasteiger partial charge in [-0.15, -0.1) is 11.3 Å². The van der Waals surface area contributed by atoms with Gasteiger partial charge in [0.1, 0.15) is 0 Å². The summed E-state index contributed by atoms with van der Waals surface area (Å²) in [4.78, 5) is 20.3. The average Bonchev–Trinajstić information content (AvgIpc) is 3.45. The van der Waals surface area contributed by atoms with Crippen molar-refractivity contribution in [2.24, 2.45) is 4.99 Å². The number of likely N-dealkylation sites (N-methyl/N-ethyl adjacent to an activating group) is 1. The van der Waals surface area contributed by atoms with E-state index in [1.807, 2.05) is 54.9 Å². The van der Waals surface area contributed by atoms with E-state index in [1.165, 1.54) is 11.3 Å². The second kappa shape index (κ2) is 7.84. The van der Waals surface area contributed by atoms with Crippen molar-refractivity contribution in [2.45, 2.75) is 6.04 Å². The normalized spacial score (nSPS) is 17.2. The van der Waals surface area contributed by atoms with Crippen molar-refractivity contribution in [3.63, 3.8) is 0 Å². The Hall–Kier alpha value is -3.32. The lowest BCUT2D eigenvalue weighted by atomic mass is 9.99. The van der Waals surface area contributed by atoms with E-state index in [-0.39, 0.29) is 18.7 Å². The maximum atomic E-state index is 12.4. The van der Waals surface area contributed by atoms with Gasteiger partial charge in [0, 0.05) is 30.8 Å². The molecule has 2 aliphatic heterocycles. The summed E-state index contributed by atoms with van der Waals surface area (Å²) in [5.41, 5.74) is 3.98. The molecule has 2 aromatic carbocycles. The van der Waals surface area contributed by atoms with Crippen LogP contribution in [-0.2, 0) is 0 Å². The molecule has 0 fully saturated rings. The van der Waals surface area contributed by atoms with Crippen molar-refractivity contribution in [1.82, 2.24) is 5.32 Å². The monoisotopic (exact) mass is 419 g/mol. The zero-order valence-corrected chi connectivity index (χ0v) is 17.3. The number of nitrogens with one attached hydrogen (secondary N) is 1. The quantitative estimate of drug-likeness (QED) is 0.702. The Kier molecular flexibility index (Phi) is 4.88. The van der Waals surface area contributed by atoms with Gasteiger partial charge in [0.05, 0.1) is 28.9 Å². The fraction of sp³-hybridized carbons (Fsp3) is 0.217. The summed E-state index contributed by atoms with van der Waals surface area (Å²) in [7, 11) is 2.03. The first-order valence-electron chi connectivity index (χ1n) is 9.79. The number of thiophene rings is 1. The minimum absolute atomic E-state index is 0.00856. The molecule has 2 aliphatic rings. The van der Waals surface area contributed by atoms with E-state index in [9.17, 15) is 4.79 Å². The molecule has 0 radical (unpaired) electrons. The highest BCUT2D eigenvalue weighted by Crippen LogP contribution is 2.40. The van der Waals surface area contributed by atoms with Gasteiger partial charge in [-0.3, -0.25) is 9.79 Å². The number of hydrogen-bond acceptors (Lipinski definition) is 6. The molecular weight excluding hydrogens is 398 g/mol. The zero-order chi connectivity index (χ0) is 20.5. The van der Waals surface area contributed by atoms with Crippen LogP contribution in [-0.4, -0.2) is 44.6 Å². The number of benzene rings is 2. The highest BCUT2D eigenvalue weighted by atomic mass is 32.1. The van der Waals surface area contributed by atoms with E-state index in [2.05, 4.69) is 22.3 Å². The van der Waals surface area contributed by atoms with Gasteiger partial charge in [-0.25, -0.2) is 0 Å². The SMILES string of the molecule is CN1c2cc3c(cc2C(c2ccccc2)=NCC1CNC(=O)c1cccs1)OCO3. The Morgan fingerprint density at radius 1 is 1.17 bits per heavy atom. The van der Waals surface area contributed by atoms with Gasteiger partial charge in [-0.05, 0) is 17.5 Å². The number of carbonyl (C=O) groups is 1. The molecule has 3 aromatic rings. The summed E-state index contributed by atoms with van der Waals surface area (Å²) in [5.74, 6) is 1.41. The lowest BCUT2D eigenvalue weighted by Crippen LogP contribution is -2.43. The smallest absolute Gasteiger partial charge is 0.261 e. The van der Waals surface area contributed by atoms with E-state index in [0.717, 1.165) is 34.0 Å². The van der Waals surface area contributed by atoms with Crippen LogP contribution < -0.4 is 19.7 Å². The molecule has 3 heterocycles. The first-order chi connectivity index (χ1) is 14.7. The minimum Gasteiger partial charge on any atom is -0.454 e. The number of anilines is 1. The van der Waals surface area contributed by atoms with Gasteiger partial charge < -0.3 is 19.7 Å². The lowest BCUT2D eigenvalue weighted by Gasteiger charge is -2.29. The van der Waals surface area contributed by atoms with Crippen molar-refractivity contribution < 1.29 is 14.3 Å². The minimum atomic E-state index is -0.0548. The lowest BCUT2D eigenvalue weighted by molar-refractivity contribution is 0.0955. The molecule has 1 atom stereocenters. The van der Waals surface area contributed by atoms with Gasteiger partial charge in [-0.2, -0.15) is 0 Å². The van der Waals surface area contributed by atoms with Crippen LogP contribution in [0.15, 0.2) is 65.0 Å². The van der Waals surface area contributed by atoms with E-state index < -0.39 is 0 Å². The molecule has 7 heteroatoms. The third kappa shape index (κ3) is 3.41. The predicted octanol–water partition coefficient (Wildman–Crippen LogP) is 3.56. The molecule has 0 saturated carbocycles.